The van der Waals surface area contributed by atoms with E-state index < -0.39 is 5.60 Å². The standard InChI is InChI=1S/C24H32O3/c1-22-12-4-3-5-17(22)7-8-20-19(22)10-13-23(2)18(11-14-24(20,23)26)16-6-9-21(25)27-15-16/h5-6,9,15,18-20,26H,3-4,7-8,10-14H2,1-2H3/t18?,19-,20?,22?,23?,24?/m0/s1. The van der Waals surface area contributed by atoms with E-state index in [1.165, 1.54) is 38.2 Å². The summed E-state index contributed by atoms with van der Waals surface area (Å²) in [6, 6.07) is 3.45. The molecule has 0 aliphatic heterocycles. The van der Waals surface area contributed by atoms with Gasteiger partial charge in [0.2, 0.25) is 0 Å². The Balaban J connectivity index is 1.52. The maximum Gasteiger partial charge on any atom is 0.335 e. The van der Waals surface area contributed by atoms with Crippen LogP contribution in [-0.2, 0) is 0 Å². The summed E-state index contributed by atoms with van der Waals surface area (Å²) in [4.78, 5) is 11.4. The van der Waals surface area contributed by atoms with Crippen molar-refractivity contribution >= 4 is 0 Å². The van der Waals surface area contributed by atoms with Gasteiger partial charge in [-0.2, -0.15) is 0 Å². The second-order valence-electron chi connectivity index (χ2n) is 10.2. The SMILES string of the molecule is CC12CCCC=C1CCC1[C@@H]2CCC2(C)C(c3ccc(=O)oc3)CCC12O. The highest BCUT2D eigenvalue weighted by atomic mass is 16.4. The van der Waals surface area contributed by atoms with Gasteiger partial charge in [0.15, 0.2) is 0 Å². The van der Waals surface area contributed by atoms with Gasteiger partial charge in [-0.25, -0.2) is 4.79 Å². The van der Waals surface area contributed by atoms with Crippen LogP contribution in [0.3, 0.4) is 0 Å². The zero-order valence-electron chi connectivity index (χ0n) is 16.7. The molecule has 3 saturated carbocycles. The van der Waals surface area contributed by atoms with Crippen LogP contribution in [0.5, 0.6) is 0 Å². The Labute approximate surface area is 161 Å². The number of hydrogen-bond donors (Lipinski definition) is 1. The van der Waals surface area contributed by atoms with Crippen molar-refractivity contribution in [2.75, 3.05) is 0 Å². The first-order chi connectivity index (χ1) is 12.9. The van der Waals surface area contributed by atoms with Gasteiger partial charge in [0.05, 0.1) is 11.9 Å². The summed E-state index contributed by atoms with van der Waals surface area (Å²) in [6.07, 6.45) is 14.4. The van der Waals surface area contributed by atoms with Crippen molar-refractivity contribution < 1.29 is 9.52 Å². The first-order valence-electron chi connectivity index (χ1n) is 10.9. The van der Waals surface area contributed by atoms with Crippen LogP contribution in [0.4, 0.5) is 0 Å². The molecule has 27 heavy (non-hydrogen) atoms. The molecule has 1 aromatic rings. The third-order valence-corrected chi connectivity index (χ3v) is 9.34. The molecule has 0 saturated heterocycles. The van der Waals surface area contributed by atoms with Crippen molar-refractivity contribution in [1.29, 1.82) is 0 Å². The fourth-order valence-corrected chi connectivity index (χ4v) is 7.82. The summed E-state index contributed by atoms with van der Waals surface area (Å²) < 4.78 is 5.18. The van der Waals surface area contributed by atoms with Crippen LogP contribution in [0.2, 0.25) is 0 Å². The maximum absolute atomic E-state index is 12.1. The summed E-state index contributed by atoms with van der Waals surface area (Å²) in [5, 5.41) is 12.1. The van der Waals surface area contributed by atoms with E-state index in [4.69, 9.17) is 4.42 Å². The van der Waals surface area contributed by atoms with E-state index in [0.717, 1.165) is 31.2 Å². The van der Waals surface area contributed by atoms with Crippen molar-refractivity contribution in [3.63, 3.8) is 0 Å². The van der Waals surface area contributed by atoms with Gasteiger partial charge in [0.25, 0.3) is 0 Å². The predicted molar refractivity (Wildman–Crippen MR) is 105 cm³/mol. The Morgan fingerprint density at radius 1 is 1.07 bits per heavy atom. The number of aliphatic hydroxyl groups is 1. The molecule has 0 amide bonds. The highest BCUT2D eigenvalue weighted by molar-refractivity contribution is 5.30. The number of rotatable bonds is 1. The predicted octanol–water partition coefficient (Wildman–Crippen LogP) is 5.19. The Hall–Kier alpha value is -1.35. The van der Waals surface area contributed by atoms with Crippen molar-refractivity contribution in [2.45, 2.75) is 83.2 Å². The average Bonchev–Trinajstić information content (AvgIpc) is 2.94. The Morgan fingerprint density at radius 2 is 1.93 bits per heavy atom. The molecule has 1 aromatic heterocycles. The van der Waals surface area contributed by atoms with Crippen molar-refractivity contribution in [2.24, 2.45) is 22.7 Å². The number of hydrogen-bond acceptors (Lipinski definition) is 3. The van der Waals surface area contributed by atoms with E-state index in [0.29, 0.717) is 17.3 Å². The molecule has 3 fully saturated rings. The molecular formula is C24H32O3. The topological polar surface area (TPSA) is 50.4 Å². The minimum Gasteiger partial charge on any atom is -0.431 e. The van der Waals surface area contributed by atoms with Gasteiger partial charge in [-0.3, -0.25) is 0 Å². The summed E-state index contributed by atoms with van der Waals surface area (Å²) in [7, 11) is 0. The smallest absolute Gasteiger partial charge is 0.335 e. The zero-order valence-corrected chi connectivity index (χ0v) is 16.7. The summed E-state index contributed by atoms with van der Waals surface area (Å²) in [6.45, 7) is 4.79. The highest BCUT2D eigenvalue weighted by Gasteiger charge is 2.66. The molecule has 0 spiro atoms. The van der Waals surface area contributed by atoms with Crippen LogP contribution < -0.4 is 5.63 Å². The molecule has 5 rings (SSSR count). The first kappa shape index (κ1) is 17.7. The van der Waals surface area contributed by atoms with Gasteiger partial charge >= 0.3 is 5.63 Å². The molecular weight excluding hydrogens is 336 g/mol. The second kappa shape index (κ2) is 5.83. The van der Waals surface area contributed by atoms with Crippen molar-refractivity contribution in [1.82, 2.24) is 0 Å². The fourth-order valence-electron chi connectivity index (χ4n) is 7.82. The van der Waals surface area contributed by atoms with Crippen LogP contribution in [0.25, 0.3) is 0 Å². The summed E-state index contributed by atoms with van der Waals surface area (Å²) in [5.74, 6) is 1.30. The molecule has 0 aromatic carbocycles. The molecule has 1 N–H and O–H groups in total. The molecule has 3 nitrogen and oxygen atoms in total. The normalized spacial score (nSPS) is 46.2. The van der Waals surface area contributed by atoms with Crippen LogP contribution in [0.1, 0.15) is 83.1 Å². The van der Waals surface area contributed by atoms with Gasteiger partial charge < -0.3 is 9.52 Å². The van der Waals surface area contributed by atoms with Gasteiger partial charge in [0, 0.05) is 11.5 Å². The molecule has 4 aliphatic rings. The molecule has 3 heteroatoms. The van der Waals surface area contributed by atoms with E-state index in [9.17, 15) is 9.90 Å². The molecule has 0 bridgehead atoms. The Kier molecular flexibility index (Phi) is 3.82. The molecule has 6 atom stereocenters. The van der Waals surface area contributed by atoms with E-state index >= 15 is 0 Å². The van der Waals surface area contributed by atoms with Crippen LogP contribution in [-0.4, -0.2) is 10.7 Å². The average molecular weight is 369 g/mol. The lowest BCUT2D eigenvalue weighted by Gasteiger charge is -2.61. The van der Waals surface area contributed by atoms with Crippen LogP contribution in [0, 0.1) is 22.7 Å². The Morgan fingerprint density at radius 3 is 2.70 bits per heavy atom. The lowest BCUT2D eigenvalue weighted by Crippen LogP contribution is -2.60. The van der Waals surface area contributed by atoms with Gasteiger partial charge in [-0.05, 0) is 92.6 Å². The van der Waals surface area contributed by atoms with Crippen LogP contribution >= 0.6 is 0 Å². The first-order valence-corrected chi connectivity index (χ1v) is 10.9. The van der Waals surface area contributed by atoms with E-state index in [2.05, 4.69) is 19.9 Å². The lowest BCUT2D eigenvalue weighted by molar-refractivity contribution is -0.177. The molecule has 4 aliphatic carbocycles. The molecule has 0 radical (unpaired) electrons. The summed E-state index contributed by atoms with van der Waals surface area (Å²) >= 11 is 0. The quantitative estimate of drug-likeness (QED) is 0.694. The third kappa shape index (κ3) is 2.27. The molecule has 146 valence electrons. The number of fused-ring (bicyclic) bond motifs is 5. The van der Waals surface area contributed by atoms with E-state index in [1.807, 2.05) is 6.07 Å². The lowest BCUT2D eigenvalue weighted by atomic mass is 9.45. The maximum atomic E-state index is 12.1. The van der Waals surface area contributed by atoms with Crippen LogP contribution in [0.15, 0.2) is 39.3 Å². The fraction of sp³-hybridized carbons (Fsp3) is 0.708. The van der Waals surface area contributed by atoms with Gasteiger partial charge in [-0.15, -0.1) is 0 Å². The largest absolute Gasteiger partial charge is 0.431 e. The van der Waals surface area contributed by atoms with Gasteiger partial charge in [0.1, 0.15) is 0 Å². The minimum absolute atomic E-state index is 0.125. The summed E-state index contributed by atoms with van der Waals surface area (Å²) in [5.41, 5.74) is 2.06. The van der Waals surface area contributed by atoms with Gasteiger partial charge in [-0.1, -0.05) is 25.5 Å². The molecule has 5 unspecified atom stereocenters. The van der Waals surface area contributed by atoms with E-state index in [-0.39, 0.29) is 17.0 Å². The number of allylic oxidation sites excluding steroid dienone is 2. The second-order valence-corrected chi connectivity index (χ2v) is 10.2. The zero-order chi connectivity index (χ0) is 18.9. The monoisotopic (exact) mass is 368 g/mol. The van der Waals surface area contributed by atoms with Crippen molar-refractivity contribution in [3.05, 3.63) is 46.0 Å². The van der Waals surface area contributed by atoms with Crippen molar-refractivity contribution in [3.8, 4) is 0 Å². The third-order valence-electron chi connectivity index (χ3n) is 9.34. The van der Waals surface area contributed by atoms with E-state index in [1.54, 1.807) is 11.8 Å². The Bertz CT molecular complexity index is 818. The molecule has 1 heterocycles. The highest BCUT2D eigenvalue weighted by Crippen LogP contribution is 2.69. The minimum atomic E-state index is -0.595.